The number of hydrogen-bond acceptors (Lipinski definition) is 7. The van der Waals surface area contributed by atoms with Crippen molar-refractivity contribution in [2.24, 2.45) is 0 Å². The number of amides is 2. The molecule has 0 aliphatic carbocycles. The van der Waals surface area contributed by atoms with E-state index in [9.17, 15) is 9.59 Å². The van der Waals surface area contributed by atoms with Gasteiger partial charge in [0, 0.05) is 49.8 Å². The zero-order valence-corrected chi connectivity index (χ0v) is 19.4. The minimum Gasteiger partial charge on any atom is -0.378 e. The number of carbonyl (C=O) groups is 2. The number of anilines is 2. The lowest BCUT2D eigenvalue weighted by molar-refractivity contribution is -0.133. The third-order valence-electron chi connectivity index (χ3n) is 5.25. The molecule has 0 unspecified atom stereocenters. The molecule has 3 rings (SSSR count). The van der Waals surface area contributed by atoms with Gasteiger partial charge in [0.2, 0.25) is 17.7 Å². The molecule has 2 heterocycles. The third-order valence-corrected chi connectivity index (χ3v) is 5.25. The second kappa shape index (κ2) is 10.6. The quantitative estimate of drug-likeness (QED) is 0.669. The maximum atomic E-state index is 12.4. The number of benzene rings is 1. The number of nitrogens with one attached hydrogen (secondary N) is 1. The number of likely N-dealkylation sites (N-methyl/N-ethyl adjacent to an activating group) is 1. The molecule has 174 valence electrons. The van der Waals surface area contributed by atoms with Gasteiger partial charge in [-0.3, -0.25) is 9.59 Å². The first-order chi connectivity index (χ1) is 15.2. The van der Waals surface area contributed by atoms with E-state index < -0.39 is 0 Å². The van der Waals surface area contributed by atoms with Gasteiger partial charge in [-0.25, -0.2) is 0 Å². The Bertz CT molecular complexity index is 898. The van der Waals surface area contributed by atoms with Gasteiger partial charge in [0.15, 0.2) is 5.82 Å². The summed E-state index contributed by atoms with van der Waals surface area (Å²) in [6.07, 6.45) is 1.43. The van der Waals surface area contributed by atoms with Crippen molar-refractivity contribution in [3.8, 4) is 0 Å². The molecule has 9 heteroatoms. The minimum absolute atomic E-state index is 0.00121. The van der Waals surface area contributed by atoms with Gasteiger partial charge in [0.1, 0.15) is 0 Å². The van der Waals surface area contributed by atoms with Gasteiger partial charge in [-0.2, -0.15) is 4.98 Å². The second-order valence-electron chi connectivity index (χ2n) is 9.06. The summed E-state index contributed by atoms with van der Waals surface area (Å²) in [6, 6.07) is 7.72. The maximum Gasteiger partial charge on any atom is 0.243 e. The highest BCUT2D eigenvalue weighted by Gasteiger charge is 2.21. The average Bonchev–Trinajstić information content (AvgIpc) is 3.24. The summed E-state index contributed by atoms with van der Waals surface area (Å²) >= 11 is 0. The summed E-state index contributed by atoms with van der Waals surface area (Å²) in [5, 5.41) is 6.84. The topological polar surface area (TPSA) is 101 Å². The summed E-state index contributed by atoms with van der Waals surface area (Å²) in [7, 11) is 1.63. The number of hydrogen-bond donors (Lipinski definition) is 1. The summed E-state index contributed by atoms with van der Waals surface area (Å²) in [4.78, 5) is 32.8. The highest BCUT2D eigenvalue weighted by atomic mass is 16.5. The van der Waals surface area contributed by atoms with E-state index in [4.69, 9.17) is 9.26 Å². The average molecular weight is 444 g/mol. The van der Waals surface area contributed by atoms with Crippen molar-refractivity contribution >= 4 is 23.2 Å². The van der Waals surface area contributed by atoms with Crippen LogP contribution in [-0.4, -0.2) is 66.8 Å². The standard InChI is InChI=1S/C23H33N5O4/c1-23(2,3)22-25-20(32-26-22)6-5-7-21(30)27(4)16-19(29)24-17-8-10-18(11-9-17)28-12-14-31-15-13-28/h8-11H,5-7,12-16H2,1-4H3,(H,24,29). The number of rotatable bonds is 8. The Morgan fingerprint density at radius 3 is 2.47 bits per heavy atom. The monoisotopic (exact) mass is 443 g/mol. The lowest BCUT2D eigenvalue weighted by Crippen LogP contribution is -2.36. The van der Waals surface area contributed by atoms with Crippen LogP contribution in [0.25, 0.3) is 0 Å². The summed E-state index contributed by atoms with van der Waals surface area (Å²) in [5.74, 6) is 0.860. The van der Waals surface area contributed by atoms with Crippen LogP contribution >= 0.6 is 0 Å². The molecule has 1 aromatic heterocycles. The van der Waals surface area contributed by atoms with Crippen LogP contribution in [0.1, 0.15) is 45.3 Å². The summed E-state index contributed by atoms with van der Waals surface area (Å²) in [5.41, 5.74) is 1.64. The molecule has 1 saturated heterocycles. The Labute approximate surface area is 189 Å². The molecule has 9 nitrogen and oxygen atoms in total. The van der Waals surface area contributed by atoms with Crippen LogP contribution in [0.2, 0.25) is 0 Å². The minimum atomic E-state index is -0.230. The van der Waals surface area contributed by atoms with E-state index in [1.165, 1.54) is 4.90 Å². The summed E-state index contributed by atoms with van der Waals surface area (Å²) < 4.78 is 10.6. The Morgan fingerprint density at radius 1 is 1.16 bits per heavy atom. The van der Waals surface area contributed by atoms with Crippen molar-refractivity contribution < 1.29 is 18.8 Å². The molecule has 0 atom stereocenters. The molecule has 0 saturated carbocycles. The van der Waals surface area contributed by atoms with Crippen molar-refractivity contribution in [2.45, 2.75) is 45.4 Å². The number of nitrogens with zero attached hydrogens (tertiary/aromatic N) is 4. The Morgan fingerprint density at radius 2 is 1.84 bits per heavy atom. The SMILES string of the molecule is CN(CC(=O)Nc1ccc(N2CCOCC2)cc1)C(=O)CCCc1nc(C(C)(C)C)no1. The van der Waals surface area contributed by atoms with E-state index in [1.54, 1.807) is 7.05 Å². The molecule has 0 spiro atoms. The Kier molecular flexibility index (Phi) is 7.84. The highest BCUT2D eigenvalue weighted by Crippen LogP contribution is 2.20. The van der Waals surface area contributed by atoms with Crippen molar-refractivity contribution in [3.05, 3.63) is 36.0 Å². The molecule has 0 radical (unpaired) electrons. The second-order valence-corrected chi connectivity index (χ2v) is 9.06. The number of carbonyl (C=O) groups excluding carboxylic acids is 2. The van der Waals surface area contributed by atoms with E-state index in [1.807, 2.05) is 45.0 Å². The molecule has 1 aromatic carbocycles. The molecule has 1 aliphatic rings. The van der Waals surface area contributed by atoms with Crippen molar-refractivity contribution in [1.29, 1.82) is 0 Å². The fourth-order valence-electron chi connectivity index (χ4n) is 3.32. The van der Waals surface area contributed by atoms with Gasteiger partial charge >= 0.3 is 0 Å². The number of aromatic nitrogens is 2. The van der Waals surface area contributed by atoms with Crippen LogP contribution in [0.4, 0.5) is 11.4 Å². The first kappa shape index (κ1) is 23.7. The Balaban J connectivity index is 1.39. The van der Waals surface area contributed by atoms with Crippen LogP contribution in [0, 0.1) is 0 Å². The molecular formula is C23H33N5O4. The molecule has 2 amide bonds. The van der Waals surface area contributed by atoms with Crippen molar-refractivity contribution in [2.75, 3.05) is 50.1 Å². The van der Waals surface area contributed by atoms with Crippen molar-refractivity contribution in [3.63, 3.8) is 0 Å². The molecule has 0 bridgehead atoms. The zero-order chi connectivity index (χ0) is 23.1. The number of ether oxygens (including phenoxy) is 1. The fraction of sp³-hybridized carbons (Fsp3) is 0.565. The molecule has 32 heavy (non-hydrogen) atoms. The van der Waals surface area contributed by atoms with E-state index in [-0.39, 0.29) is 23.8 Å². The smallest absolute Gasteiger partial charge is 0.243 e. The van der Waals surface area contributed by atoms with E-state index in [0.717, 1.165) is 32.0 Å². The highest BCUT2D eigenvalue weighted by molar-refractivity contribution is 5.94. The maximum absolute atomic E-state index is 12.4. The largest absolute Gasteiger partial charge is 0.378 e. The number of aryl methyl sites for hydroxylation is 1. The molecule has 2 aromatic rings. The van der Waals surface area contributed by atoms with Crippen LogP contribution in [-0.2, 0) is 26.2 Å². The molecule has 1 aliphatic heterocycles. The van der Waals surface area contributed by atoms with E-state index >= 15 is 0 Å². The first-order valence-corrected chi connectivity index (χ1v) is 11.0. The van der Waals surface area contributed by atoms with Crippen LogP contribution in [0.3, 0.4) is 0 Å². The molecular weight excluding hydrogens is 410 g/mol. The van der Waals surface area contributed by atoms with Crippen LogP contribution in [0.5, 0.6) is 0 Å². The van der Waals surface area contributed by atoms with Gasteiger partial charge in [0.05, 0.1) is 19.8 Å². The zero-order valence-electron chi connectivity index (χ0n) is 19.4. The van der Waals surface area contributed by atoms with Crippen LogP contribution in [0.15, 0.2) is 28.8 Å². The third kappa shape index (κ3) is 6.78. The van der Waals surface area contributed by atoms with Crippen molar-refractivity contribution in [1.82, 2.24) is 15.0 Å². The fourth-order valence-corrected chi connectivity index (χ4v) is 3.32. The summed E-state index contributed by atoms with van der Waals surface area (Å²) in [6.45, 7) is 9.24. The lowest BCUT2D eigenvalue weighted by atomic mass is 9.96. The van der Waals surface area contributed by atoms with Gasteiger partial charge in [0.25, 0.3) is 0 Å². The normalized spacial score (nSPS) is 14.3. The predicted molar refractivity (Wildman–Crippen MR) is 122 cm³/mol. The van der Waals surface area contributed by atoms with E-state index in [0.29, 0.717) is 36.7 Å². The number of morpholine rings is 1. The Hall–Kier alpha value is -2.94. The van der Waals surface area contributed by atoms with Gasteiger partial charge in [-0.15, -0.1) is 0 Å². The molecule has 1 N–H and O–H groups in total. The van der Waals surface area contributed by atoms with Gasteiger partial charge in [-0.1, -0.05) is 25.9 Å². The predicted octanol–water partition coefficient (Wildman–Crippen LogP) is 2.62. The van der Waals surface area contributed by atoms with Crippen LogP contribution < -0.4 is 10.2 Å². The lowest BCUT2D eigenvalue weighted by Gasteiger charge is -2.28. The molecule has 1 fully saturated rings. The van der Waals surface area contributed by atoms with Gasteiger partial charge < -0.3 is 24.4 Å². The van der Waals surface area contributed by atoms with E-state index in [2.05, 4.69) is 20.4 Å². The first-order valence-electron chi connectivity index (χ1n) is 11.0. The van der Waals surface area contributed by atoms with Gasteiger partial charge in [-0.05, 0) is 30.7 Å².